The summed E-state index contributed by atoms with van der Waals surface area (Å²) in [6.45, 7) is 0.270. The fourth-order valence-corrected chi connectivity index (χ4v) is 2.37. The van der Waals surface area contributed by atoms with Crippen LogP contribution in [0.2, 0.25) is 5.02 Å². The number of rotatable bonds is 3. The number of amides is 1. The number of aromatic nitrogens is 2. The van der Waals surface area contributed by atoms with Gasteiger partial charge in [0.1, 0.15) is 11.6 Å². The highest BCUT2D eigenvalue weighted by atomic mass is 79.9. The van der Waals surface area contributed by atoms with E-state index in [0.717, 1.165) is 0 Å². The van der Waals surface area contributed by atoms with E-state index >= 15 is 0 Å². The number of carbonyl (C=O) groups is 1. The van der Waals surface area contributed by atoms with Crippen molar-refractivity contribution in [2.24, 2.45) is 7.05 Å². The molecular formula is C12H11BrClN3O2. The number of aromatic hydroxyl groups is 1. The Morgan fingerprint density at radius 1 is 1.58 bits per heavy atom. The highest BCUT2D eigenvalue weighted by Crippen LogP contribution is 2.31. The number of halogens is 2. The minimum absolute atomic E-state index is 0.119. The third kappa shape index (κ3) is 3.08. The van der Waals surface area contributed by atoms with Gasteiger partial charge in [0.2, 0.25) is 0 Å². The number of phenolic OH excluding ortho intramolecular Hbond substituents is 1. The quantitative estimate of drug-likeness (QED) is 0.899. The molecule has 2 rings (SSSR count). The van der Waals surface area contributed by atoms with Crippen molar-refractivity contribution in [2.45, 2.75) is 6.54 Å². The molecule has 7 heteroatoms. The molecule has 0 bridgehead atoms. The van der Waals surface area contributed by atoms with Crippen LogP contribution in [0.15, 0.2) is 29.0 Å². The number of carbonyl (C=O) groups excluding carboxylic acids is 1. The normalized spacial score (nSPS) is 10.5. The molecule has 0 radical (unpaired) electrons. The fourth-order valence-electron chi connectivity index (χ4n) is 1.56. The Labute approximate surface area is 123 Å². The number of aryl methyl sites for hydroxylation is 1. The molecule has 1 heterocycles. The molecule has 1 aromatic carbocycles. The largest absolute Gasteiger partial charge is 0.506 e. The summed E-state index contributed by atoms with van der Waals surface area (Å²) in [5.74, 6) is 0.166. The van der Waals surface area contributed by atoms with E-state index in [1.165, 1.54) is 12.1 Å². The Balaban J connectivity index is 2.15. The molecule has 0 saturated carbocycles. The SMILES string of the molecule is Cn1ccnc1CNC(=O)c1cc(Cl)cc(Br)c1O. The highest BCUT2D eigenvalue weighted by Gasteiger charge is 2.15. The number of phenols is 1. The first-order valence-corrected chi connectivity index (χ1v) is 6.58. The monoisotopic (exact) mass is 343 g/mol. The summed E-state index contributed by atoms with van der Waals surface area (Å²) in [6.07, 6.45) is 3.43. The predicted octanol–water partition coefficient (Wildman–Crippen LogP) is 2.47. The lowest BCUT2D eigenvalue weighted by Gasteiger charge is -2.08. The second-order valence-electron chi connectivity index (χ2n) is 3.92. The fraction of sp³-hybridized carbons (Fsp3) is 0.167. The minimum Gasteiger partial charge on any atom is -0.506 e. The third-order valence-electron chi connectivity index (χ3n) is 2.60. The maximum absolute atomic E-state index is 12.0. The average Bonchev–Trinajstić information content (AvgIpc) is 2.76. The second-order valence-corrected chi connectivity index (χ2v) is 5.21. The van der Waals surface area contributed by atoms with Crippen LogP contribution in [0, 0.1) is 0 Å². The molecule has 0 saturated heterocycles. The van der Waals surface area contributed by atoms with Gasteiger partial charge in [0, 0.05) is 24.5 Å². The molecule has 0 spiro atoms. The van der Waals surface area contributed by atoms with E-state index in [4.69, 9.17) is 11.6 Å². The van der Waals surface area contributed by atoms with E-state index in [2.05, 4.69) is 26.2 Å². The van der Waals surface area contributed by atoms with Gasteiger partial charge in [0.25, 0.3) is 5.91 Å². The van der Waals surface area contributed by atoms with E-state index < -0.39 is 5.91 Å². The Hall–Kier alpha value is -1.53. The Kier molecular flexibility index (Phi) is 4.11. The first-order chi connectivity index (χ1) is 8.99. The number of nitrogens with zero attached hydrogens (tertiary/aromatic N) is 2. The molecule has 1 aromatic heterocycles. The maximum Gasteiger partial charge on any atom is 0.255 e. The predicted molar refractivity (Wildman–Crippen MR) is 75.2 cm³/mol. The van der Waals surface area contributed by atoms with E-state index in [0.29, 0.717) is 15.3 Å². The molecule has 2 N–H and O–H groups in total. The molecule has 19 heavy (non-hydrogen) atoms. The molecule has 0 fully saturated rings. The highest BCUT2D eigenvalue weighted by molar-refractivity contribution is 9.10. The van der Waals surface area contributed by atoms with Crippen LogP contribution in [0.5, 0.6) is 5.75 Å². The van der Waals surface area contributed by atoms with Crippen LogP contribution < -0.4 is 5.32 Å². The lowest BCUT2D eigenvalue weighted by molar-refractivity contribution is 0.0947. The van der Waals surface area contributed by atoms with Gasteiger partial charge < -0.3 is 15.0 Å². The van der Waals surface area contributed by atoms with Crippen molar-refractivity contribution in [3.8, 4) is 5.75 Å². The average molecular weight is 345 g/mol. The number of benzene rings is 1. The smallest absolute Gasteiger partial charge is 0.255 e. The molecule has 0 aliphatic heterocycles. The molecule has 1 amide bonds. The topological polar surface area (TPSA) is 67.2 Å². The lowest BCUT2D eigenvalue weighted by Crippen LogP contribution is -2.24. The first kappa shape index (κ1) is 13.9. The summed E-state index contributed by atoms with van der Waals surface area (Å²) in [4.78, 5) is 16.1. The summed E-state index contributed by atoms with van der Waals surface area (Å²) < 4.78 is 2.18. The maximum atomic E-state index is 12.0. The number of nitrogens with one attached hydrogen (secondary N) is 1. The molecule has 0 unspecified atom stereocenters. The summed E-state index contributed by atoms with van der Waals surface area (Å²) in [5, 5.41) is 12.9. The Bertz CT molecular complexity index is 627. The van der Waals surface area contributed by atoms with Crippen LogP contribution in [0.25, 0.3) is 0 Å². The molecule has 2 aromatic rings. The van der Waals surface area contributed by atoms with Crippen molar-refractivity contribution in [2.75, 3.05) is 0 Å². The summed E-state index contributed by atoms with van der Waals surface area (Å²) in [7, 11) is 1.84. The van der Waals surface area contributed by atoms with Crippen LogP contribution >= 0.6 is 27.5 Å². The number of hydrogen-bond donors (Lipinski definition) is 2. The van der Waals surface area contributed by atoms with Gasteiger partial charge in [-0.15, -0.1) is 0 Å². The second kappa shape index (κ2) is 5.63. The first-order valence-electron chi connectivity index (χ1n) is 5.41. The van der Waals surface area contributed by atoms with Crippen LogP contribution in [-0.2, 0) is 13.6 Å². The van der Waals surface area contributed by atoms with Gasteiger partial charge in [-0.05, 0) is 28.1 Å². The molecular weight excluding hydrogens is 334 g/mol. The molecule has 100 valence electrons. The van der Waals surface area contributed by atoms with Gasteiger partial charge in [-0.25, -0.2) is 4.98 Å². The number of imidazole rings is 1. The Morgan fingerprint density at radius 2 is 2.32 bits per heavy atom. The zero-order chi connectivity index (χ0) is 14.0. The van der Waals surface area contributed by atoms with E-state index in [-0.39, 0.29) is 17.9 Å². The van der Waals surface area contributed by atoms with Crippen LogP contribution in [-0.4, -0.2) is 20.6 Å². The summed E-state index contributed by atoms with van der Waals surface area (Å²) in [5.41, 5.74) is 0.119. The van der Waals surface area contributed by atoms with Gasteiger partial charge in [-0.1, -0.05) is 11.6 Å². The molecule has 5 nitrogen and oxygen atoms in total. The van der Waals surface area contributed by atoms with Gasteiger partial charge in [0.15, 0.2) is 0 Å². The van der Waals surface area contributed by atoms with Gasteiger partial charge in [-0.3, -0.25) is 4.79 Å². The van der Waals surface area contributed by atoms with E-state index in [9.17, 15) is 9.90 Å². The van der Waals surface area contributed by atoms with Gasteiger partial charge in [-0.2, -0.15) is 0 Å². The van der Waals surface area contributed by atoms with Gasteiger partial charge >= 0.3 is 0 Å². The van der Waals surface area contributed by atoms with Crippen molar-refractivity contribution in [3.05, 3.63) is 45.4 Å². The van der Waals surface area contributed by atoms with Crippen molar-refractivity contribution in [1.29, 1.82) is 0 Å². The zero-order valence-corrected chi connectivity index (χ0v) is 12.4. The van der Waals surface area contributed by atoms with Crippen molar-refractivity contribution in [3.63, 3.8) is 0 Å². The minimum atomic E-state index is -0.413. The van der Waals surface area contributed by atoms with Crippen LogP contribution in [0.3, 0.4) is 0 Å². The molecule has 0 atom stereocenters. The standard InChI is InChI=1S/C12H11BrClN3O2/c1-17-3-2-15-10(17)6-16-12(19)8-4-7(14)5-9(13)11(8)18/h2-5,18H,6H2,1H3,(H,16,19). The Morgan fingerprint density at radius 3 is 2.95 bits per heavy atom. The molecule has 0 aliphatic carbocycles. The van der Waals surface area contributed by atoms with Crippen LogP contribution in [0.4, 0.5) is 0 Å². The van der Waals surface area contributed by atoms with E-state index in [1.807, 2.05) is 7.05 Å². The summed E-state index contributed by atoms with van der Waals surface area (Å²) in [6, 6.07) is 2.93. The third-order valence-corrected chi connectivity index (χ3v) is 3.42. The van der Waals surface area contributed by atoms with Crippen molar-refractivity contribution < 1.29 is 9.90 Å². The van der Waals surface area contributed by atoms with Crippen molar-refractivity contribution in [1.82, 2.24) is 14.9 Å². The van der Waals surface area contributed by atoms with Crippen LogP contribution in [0.1, 0.15) is 16.2 Å². The number of hydrogen-bond acceptors (Lipinski definition) is 3. The van der Waals surface area contributed by atoms with Crippen molar-refractivity contribution >= 4 is 33.4 Å². The van der Waals surface area contributed by atoms with Gasteiger partial charge in [0.05, 0.1) is 16.6 Å². The van der Waals surface area contributed by atoms with E-state index in [1.54, 1.807) is 17.0 Å². The zero-order valence-electron chi connectivity index (χ0n) is 10.0. The molecule has 0 aliphatic rings. The lowest BCUT2D eigenvalue weighted by atomic mass is 10.2. The summed E-state index contributed by atoms with van der Waals surface area (Å²) >= 11 is 8.99.